The topological polar surface area (TPSA) is 51.2 Å². The lowest BCUT2D eigenvalue weighted by Crippen LogP contribution is -2.28. The highest BCUT2D eigenvalue weighted by Gasteiger charge is 2.11. The Balaban J connectivity index is 2.49. The molecule has 0 radical (unpaired) electrons. The molecule has 0 spiro atoms. The largest absolute Gasteiger partial charge is 0.465 e. The molecular formula is C11H18N2O. The van der Waals surface area contributed by atoms with Crippen molar-refractivity contribution < 1.29 is 4.42 Å². The lowest BCUT2D eigenvalue weighted by atomic mass is 10.2. The lowest BCUT2D eigenvalue weighted by Gasteiger charge is -2.13. The van der Waals surface area contributed by atoms with Gasteiger partial charge in [-0.15, -0.1) is 6.58 Å². The average Bonchev–Trinajstić information content (AvgIpc) is 2.60. The second-order valence-corrected chi connectivity index (χ2v) is 3.27. The summed E-state index contributed by atoms with van der Waals surface area (Å²) in [4.78, 5) is 0. The van der Waals surface area contributed by atoms with Gasteiger partial charge in [0.2, 0.25) is 0 Å². The van der Waals surface area contributed by atoms with Gasteiger partial charge < -0.3 is 15.5 Å². The van der Waals surface area contributed by atoms with Crippen molar-refractivity contribution in [1.82, 2.24) is 5.32 Å². The first-order valence-corrected chi connectivity index (χ1v) is 4.88. The normalized spacial score (nSPS) is 12.7. The molecule has 0 saturated carbocycles. The van der Waals surface area contributed by atoms with Crippen LogP contribution in [0.2, 0.25) is 0 Å². The molecule has 0 aliphatic carbocycles. The van der Waals surface area contributed by atoms with E-state index < -0.39 is 0 Å². The zero-order chi connectivity index (χ0) is 10.4. The van der Waals surface area contributed by atoms with E-state index in [1.807, 2.05) is 25.1 Å². The van der Waals surface area contributed by atoms with Crippen molar-refractivity contribution in [2.75, 3.05) is 13.1 Å². The summed E-state index contributed by atoms with van der Waals surface area (Å²) in [6.45, 7) is 7.02. The fraction of sp³-hybridized carbons (Fsp3) is 0.455. The summed E-state index contributed by atoms with van der Waals surface area (Å²) in [6.07, 6.45) is 2.82. The monoisotopic (exact) mass is 194 g/mol. The van der Waals surface area contributed by atoms with Crippen LogP contribution in [-0.2, 0) is 0 Å². The first-order valence-electron chi connectivity index (χ1n) is 4.88. The Morgan fingerprint density at radius 3 is 2.93 bits per heavy atom. The number of hydrogen-bond donors (Lipinski definition) is 2. The van der Waals surface area contributed by atoms with Gasteiger partial charge >= 0.3 is 0 Å². The summed E-state index contributed by atoms with van der Waals surface area (Å²) in [5.41, 5.74) is 5.65. The fourth-order valence-corrected chi connectivity index (χ4v) is 1.30. The molecule has 3 heteroatoms. The summed E-state index contributed by atoms with van der Waals surface area (Å²) >= 11 is 0. The van der Waals surface area contributed by atoms with Crippen LogP contribution in [0.1, 0.15) is 24.0 Å². The summed E-state index contributed by atoms with van der Waals surface area (Å²) in [6, 6.07) is 4.03. The molecule has 0 fully saturated rings. The van der Waals surface area contributed by atoms with Crippen LogP contribution in [0.25, 0.3) is 0 Å². The zero-order valence-corrected chi connectivity index (χ0v) is 8.62. The van der Waals surface area contributed by atoms with Crippen molar-refractivity contribution >= 4 is 0 Å². The third-order valence-corrected chi connectivity index (χ3v) is 2.08. The third-order valence-electron chi connectivity index (χ3n) is 2.08. The van der Waals surface area contributed by atoms with Crippen LogP contribution >= 0.6 is 0 Å². The molecule has 0 bridgehead atoms. The molecule has 3 N–H and O–H groups in total. The molecule has 1 aromatic heterocycles. The Bertz CT molecular complexity index is 281. The number of nitrogens with two attached hydrogens (primary N) is 1. The van der Waals surface area contributed by atoms with Gasteiger partial charge in [-0.1, -0.05) is 6.08 Å². The van der Waals surface area contributed by atoms with Gasteiger partial charge in [0, 0.05) is 6.54 Å². The lowest BCUT2D eigenvalue weighted by molar-refractivity contribution is 0.406. The second kappa shape index (κ2) is 5.62. The molecule has 0 aromatic carbocycles. The maximum absolute atomic E-state index is 5.65. The molecule has 1 rings (SSSR count). The quantitative estimate of drug-likeness (QED) is 0.536. The fourth-order valence-electron chi connectivity index (χ4n) is 1.30. The Hall–Kier alpha value is -1.06. The molecule has 1 unspecified atom stereocenters. The highest BCUT2D eigenvalue weighted by Crippen LogP contribution is 2.14. The molecule has 78 valence electrons. The van der Waals surface area contributed by atoms with E-state index in [9.17, 15) is 0 Å². The molecular weight excluding hydrogens is 176 g/mol. The summed E-state index contributed by atoms with van der Waals surface area (Å²) < 4.78 is 5.50. The highest BCUT2D eigenvalue weighted by molar-refractivity contribution is 5.10. The molecule has 0 amide bonds. The van der Waals surface area contributed by atoms with Gasteiger partial charge in [0.05, 0.1) is 6.04 Å². The minimum atomic E-state index is 0.114. The SMILES string of the molecule is C=CCCNC(CN)c1ccc(C)o1. The van der Waals surface area contributed by atoms with E-state index in [0.29, 0.717) is 6.54 Å². The van der Waals surface area contributed by atoms with Crippen LogP contribution in [0, 0.1) is 6.92 Å². The van der Waals surface area contributed by atoms with Crippen LogP contribution in [0.3, 0.4) is 0 Å². The first-order chi connectivity index (χ1) is 6.77. The standard InChI is InChI=1S/C11H18N2O/c1-3-4-7-13-10(8-12)11-6-5-9(2)14-11/h3,5-6,10,13H,1,4,7-8,12H2,2H3. The third kappa shape index (κ3) is 3.01. The van der Waals surface area contributed by atoms with Crippen molar-refractivity contribution in [3.8, 4) is 0 Å². The van der Waals surface area contributed by atoms with Crippen LogP contribution < -0.4 is 11.1 Å². The predicted octanol–water partition coefficient (Wildman–Crippen LogP) is 1.75. The summed E-state index contributed by atoms with van der Waals surface area (Å²) in [5, 5.41) is 3.31. The smallest absolute Gasteiger partial charge is 0.122 e. The zero-order valence-electron chi connectivity index (χ0n) is 8.62. The van der Waals surface area contributed by atoms with E-state index in [-0.39, 0.29) is 6.04 Å². The van der Waals surface area contributed by atoms with Gasteiger partial charge in [-0.25, -0.2) is 0 Å². The molecule has 1 atom stereocenters. The Labute approximate surface area is 85.0 Å². The molecule has 0 aliphatic heterocycles. The van der Waals surface area contributed by atoms with Crippen molar-refractivity contribution in [2.45, 2.75) is 19.4 Å². The molecule has 1 aromatic rings. The Morgan fingerprint density at radius 2 is 2.43 bits per heavy atom. The Morgan fingerprint density at radius 1 is 1.64 bits per heavy atom. The van der Waals surface area contributed by atoms with Crippen LogP contribution in [-0.4, -0.2) is 13.1 Å². The summed E-state index contributed by atoms with van der Waals surface area (Å²) in [7, 11) is 0. The molecule has 3 nitrogen and oxygen atoms in total. The van der Waals surface area contributed by atoms with E-state index in [1.54, 1.807) is 0 Å². The van der Waals surface area contributed by atoms with Gasteiger partial charge in [-0.3, -0.25) is 0 Å². The van der Waals surface area contributed by atoms with Crippen LogP contribution in [0.15, 0.2) is 29.2 Å². The van der Waals surface area contributed by atoms with Crippen molar-refractivity contribution in [3.05, 3.63) is 36.3 Å². The van der Waals surface area contributed by atoms with E-state index in [0.717, 1.165) is 24.5 Å². The van der Waals surface area contributed by atoms with Crippen molar-refractivity contribution in [1.29, 1.82) is 0 Å². The van der Waals surface area contributed by atoms with Crippen molar-refractivity contribution in [3.63, 3.8) is 0 Å². The first kappa shape index (κ1) is 11.0. The van der Waals surface area contributed by atoms with E-state index in [1.165, 1.54) is 0 Å². The molecule has 0 saturated heterocycles. The molecule has 14 heavy (non-hydrogen) atoms. The van der Waals surface area contributed by atoms with E-state index in [4.69, 9.17) is 10.2 Å². The maximum Gasteiger partial charge on any atom is 0.122 e. The van der Waals surface area contributed by atoms with Gasteiger partial charge in [0.1, 0.15) is 11.5 Å². The minimum absolute atomic E-state index is 0.114. The highest BCUT2D eigenvalue weighted by atomic mass is 16.3. The minimum Gasteiger partial charge on any atom is -0.465 e. The number of nitrogens with one attached hydrogen (secondary N) is 1. The van der Waals surface area contributed by atoms with E-state index in [2.05, 4.69) is 11.9 Å². The molecule has 1 heterocycles. The van der Waals surface area contributed by atoms with E-state index >= 15 is 0 Å². The van der Waals surface area contributed by atoms with Crippen molar-refractivity contribution in [2.24, 2.45) is 5.73 Å². The maximum atomic E-state index is 5.65. The van der Waals surface area contributed by atoms with Crippen LogP contribution in [0.4, 0.5) is 0 Å². The number of furan rings is 1. The second-order valence-electron chi connectivity index (χ2n) is 3.27. The number of hydrogen-bond acceptors (Lipinski definition) is 3. The van der Waals surface area contributed by atoms with Gasteiger partial charge in [0.15, 0.2) is 0 Å². The number of aryl methyl sites for hydroxylation is 1. The van der Waals surface area contributed by atoms with Gasteiger partial charge in [0.25, 0.3) is 0 Å². The molecule has 0 aliphatic rings. The predicted molar refractivity (Wildman–Crippen MR) is 58.1 cm³/mol. The Kier molecular flexibility index (Phi) is 4.43. The van der Waals surface area contributed by atoms with Gasteiger partial charge in [-0.05, 0) is 32.0 Å². The summed E-state index contributed by atoms with van der Waals surface area (Å²) in [5.74, 6) is 1.83. The van der Waals surface area contributed by atoms with Crippen LogP contribution in [0.5, 0.6) is 0 Å². The van der Waals surface area contributed by atoms with Gasteiger partial charge in [-0.2, -0.15) is 0 Å². The average molecular weight is 194 g/mol. The number of rotatable bonds is 6.